The number of thiophene rings is 1. The first-order valence-corrected chi connectivity index (χ1v) is 10.3. The van der Waals surface area contributed by atoms with Gasteiger partial charge in [0.25, 0.3) is 0 Å². The minimum absolute atomic E-state index is 0.138. The summed E-state index contributed by atoms with van der Waals surface area (Å²) in [6.07, 6.45) is 0. The number of hydrogen-bond acceptors (Lipinski definition) is 6. The van der Waals surface area contributed by atoms with Gasteiger partial charge in [0.15, 0.2) is 5.82 Å². The minimum Gasteiger partial charge on any atom is -0.378 e. The Bertz CT molecular complexity index is 908. The molecule has 26 heavy (non-hydrogen) atoms. The normalized spacial score (nSPS) is 16.0. The van der Waals surface area contributed by atoms with Crippen molar-refractivity contribution < 1.29 is 9.53 Å². The summed E-state index contributed by atoms with van der Waals surface area (Å²) in [6.45, 7) is 4.50. The second-order valence-electron chi connectivity index (χ2n) is 6.04. The van der Waals surface area contributed by atoms with Crippen LogP contribution in [0.3, 0.4) is 0 Å². The van der Waals surface area contributed by atoms with E-state index in [9.17, 15) is 4.79 Å². The van der Waals surface area contributed by atoms with Crippen LogP contribution < -0.4 is 0 Å². The molecular formula is C19H19N3O2S2. The fourth-order valence-corrected chi connectivity index (χ4v) is 4.59. The molecule has 0 radical (unpaired) electrons. The second-order valence-corrected chi connectivity index (χ2v) is 8.32. The van der Waals surface area contributed by atoms with E-state index in [1.54, 1.807) is 11.3 Å². The number of ether oxygens (including phenoxy) is 1. The molecule has 0 aliphatic carbocycles. The molecule has 0 spiro atoms. The van der Waals surface area contributed by atoms with Gasteiger partial charge in [-0.15, -0.1) is 11.3 Å². The maximum Gasteiger partial charge on any atom is 0.235 e. The SMILES string of the molecule is C[C@@H](Sc1nc(-c2cccs2)nc2ccccc12)C(=O)N1CCOCC1. The van der Waals surface area contributed by atoms with Gasteiger partial charge in [0, 0.05) is 18.5 Å². The molecule has 3 aromatic rings. The number of para-hydroxylation sites is 1. The Labute approximate surface area is 160 Å². The van der Waals surface area contributed by atoms with E-state index in [-0.39, 0.29) is 11.2 Å². The number of carbonyl (C=O) groups is 1. The van der Waals surface area contributed by atoms with Crippen LogP contribution >= 0.6 is 23.1 Å². The van der Waals surface area contributed by atoms with Gasteiger partial charge in [-0.05, 0) is 24.4 Å². The van der Waals surface area contributed by atoms with Gasteiger partial charge in [0.05, 0.1) is 28.9 Å². The smallest absolute Gasteiger partial charge is 0.235 e. The maximum absolute atomic E-state index is 12.8. The summed E-state index contributed by atoms with van der Waals surface area (Å²) in [7, 11) is 0. The Kier molecular flexibility index (Phi) is 5.19. The lowest BCUT2D eigenvalue weighted by Gasteiger charge is -2.29. The number of hydrogen-bond donors (Lipinski definition) is 0. The van der Waals surface area contributed by atoms with Crippen LogP contribution in [0.15, 0.2) is 46.8 Å². The van der Waals surface area contributed by atoms with Crippen molar-refractivity contribution >= 4 is 39.9 Å². The molecule has 7 heteroatoms. The number of carbonyl (C=O) groups excluding carboxylic acids is 1. The van der Waals surface area contributed by atoms with Crippen molar-refractivity contribution in [2.75, 3.05) is 26.3 Å². The fourth-order valence-electron chi connectivity index (χ4n) is 2.91. The number of benzene rings is 1. The van der Waals surface area contributed by atoms with E-state index in [0.29, 0.717) is 32.1 Å². The molecule has 1 aromatic carbocycles. The standard InChI is InChI=1S/C19H19N3O2S2/c1-13(19(23)22-8-10-24-11-9-22)26-18-14-5-2-3-6-15(14)20-17(21-18)16-7-4-12-25-16/h2-7,12-13H,8-11H2,1H3/t13-/m1/s1. The third kappa shape index (κ3) is 3.60. The van der Waals surface area contributed by atoms with E-state index in [2.05, 4.69) is 0 Å². The molecule has 134 valence electrons. The fraction of sp³-hybridized carbons (Fsp3) is 0.316. The Hall–Kier alpha value is -1.96. The topological polar surface area (TPSA) is 55.3 Å². The zero-order chi connectivity index (χ0) is 17.9. The molecule has 3 heterocycles. The van der Waals surface area contributed by atoms with Crippen LogP contribution in [-0.2, 0) is 9.53 Å². The van der Waals surface area contributed by atoms with Crippen molar-refractivity contribution in [1.29, 1.82) is 0 Å². The van der Waals surface area contributed by atoms with Gasteiger partial charge in [-0.2, -0.15) is 0 Å². The molecular weight excluding hydrogens is 366 g/mol. The lowest BCUT2D eigenvalue weighted by atomic mass is 10.2. The predicted octanol–water partition coefficient (Wildman–Crippen LogP) is 3.70. The van der Waals surface area contributed by atoms with Crippen molar-refractivity contribution in [1.82, 2.24) is 14.9 Å². The molecule has 0 saturated carbocycles. The summed E-state index contributed by atoms with van der Waals surface area (Å²) in [4.78, 5) is 25.1. The number of amides is 1. The Balaban J connectivity index is 1.65. The Morgan fingerprint density at radius 2 is 2.00 bits per heavy atom. The summed E-state index contributed by atoms with van der Waals surface area (Å²) >= 11 is 3.13. The number of fused-ring (bicyclic) bond motifs is 1. The van der Waals surface area contributed by atoms with Crippen molar-refractivity contribution in [2.24, 2.45) is 0 Å². The molecule has 1 aliphatic heterocycles. The first-order chi connectivity index (χ1) is 12.7. The number of thioether (sulfide) groups is 1. The highest BCUT2D eigenvalue weighted by Gasteiger charge is 2.24. The monoisotopic (exact) mass is 385 g/mol. The molecule has 1 amide bonds. The molecule has 5 nitrogen and oxygen atoms in total. The first-order valence-electron chi connectivity index (χ1n) is 8.56. The summed E-state index contributed by atoms with van der Waals surface area (Å²) < 4.78 is 5.34. The molecule has 2 aromatic heterocycles. The molecule has 1 fully saturated rings. The predicted molar refractivity (Wildman–Crippen MR) is 106 cm³/mol. The van der Waals surface area contributed by atoms with Gasteiger partial charge >= 0.3 is 0 Å². The second kappa shape index (κ2) is 7.73. The van der Waals surface area contributed by atoms with Gasteiger partial charge in [-0.1, -0.05) is 36.0 Å². The number of nitrogens with zero attached hydrogens (tertiary/aromatic N) is 3. The highest BCUT2D eigenvalue weighted by molar-refractivity contribution is 8.00. The number of aromatic nitrogens is 2. The molecule has 1 atom stereocenters. The van der Waals surface area contributed by atoms with Crippen LogP contribution in [0.4, 0.5) is 0 Å². The molecule has 1 aliphatic rings. The zero-order valence-electron chi connectivity index (χ0n) is 14.4. The van der Waals surface area contributed by atoms with Crippen molar-refractivity contribution in [3.63, 3.8) is 0 Å². The lowest BCUT2D eigenvalue weighted by Crippen LogP contribution is -2.44. The van der Waals surface area contributed by atoms with Gasteiger partial charge in [0.1, 0.15) is 5.03 Å². The highest BCUT2D eigenvalue weighted by atomic mass is 32.2. The van der Waals surface area contributed by atoms with Gasteiger partial charge in [-0.25, -0.2) is 9.97 Å². The van der Waals surface area contributed by atoms with E-state index in [4.69, 9.17) is 14.7 Å². The lowest BCUT2D eigenvalue weighted by molar-refractivity contribution is -0.134. The Morgan fingerprint density at radius 1 is 1.19 bits per heavy atom. The van der Waals surface area contributed by atoms with E-state index in [1.807, 2.05) is 53.6 Å². The molecule has 0 unspecified atom stereocenters. The van der Waals surface area contributed by atoms with Gasteiger partial charge in [0.2, 0.25) is 5.91 Å². The van der Waals surface area contributed by atoms with Crippen LogP contribution in [0.1, 0.15) is 6.92 Å². The van der Waals surface area contributed by atoms with Crippen LogP contribution in [-0.4, -0.2) is 52.3 Å². The van der Waals surface area contributed by atoms with Crippen molar-refractivity contribution in [3.05, 3.63) is 41.8 Å². The summed E-state index contributed by atoms with van der Waals surface area (Å²) in [5.74, 6) is 0.853. The quantitative estimate of drug-likeness (QED) is 0.506. The third-order valence-corrected chi connectivity index (χ3v) is 6.22. The van der Waals surface area contributed by atoms with E-state index in [0.717, 1.165) is 20.8 Å². The third-order valence-electron chi connectivity index (χ3n) is 4.27. The summed E-state index contributed by atoms with van der Waals surface area (Å²) in [5, 5.41) is 3.65. The summed E-state index contributed by atoms with van der Waals surface area (Å²) in [6, 6.07) is 12.0. The van der Waals surface area contributed by atoms with Crippen LogP contribution in [0.25, 0.3) is 21.6 Å². The summed E-state index contributed by atoms with van der Waals surface area (Å²) in [5.41, 5.74) is 0.902. The average molecular weight is 386 g/mol. The molecule has 1 saturated heterocycles. The van der Waals surface area contributed by atoms with Crippen LogP contribution in [0, 0.1) is 0 Å². The van der Waals surface area contributed by atoms with E-state index >= 15 is 0 Å². The van der Waals surface area contributed by atoms with Gasteiger partial charge in [-0.3, -0.25) is 4.79 Å². The van der Waals surface area contributed by atoms with Crippen LogP contribution in [0.2, 0.25) is 0 Å². The largest absolute Gasteiger partial charge is 0.378 e. The molecule has 0 bridgehead atoms. The van der Waals surface area contributed by atoms with Crippen molar-refractivity contribution in [3.8, 4) is 10.7 Å². The maximum atomic E-state index is 12.8. The average Bonchev–Trinajstić information content (AvgIpc) is 3.23. The van der Waals surface area contributed by atoms with E-state index < -0.39 is 0 Å². The molecule has 0 N–H and O–H groups in total. The van der Waals surface area contributed by atoms with E-state index in [1.165, 1.54) is 11.8 Å². The van der Waals surface area contributed by atoms with Crippen LogP contribution in [0.5, 0.6) is 0 Å². The van der Waals surface area contributed by atoms with Crippen molar-refractivity contribution in [2.45, 2.75) is 17.2 Å². The van der Waals surface area contributed by atoms with Gasteiger partial charge < -0.3 is 9.64 Å². The Morgan fingerprint density at radius 3 is 2.77 bits per heavy atom. The number of rotatable bonds is 4. The highest BCUT2D eigenvalue weighted by Crippen LogP contribution is 2.32. The first kappa shape index (κ1) is 17.5. The minimum atomic E-state index is -0.206. The molecule has 4 rings (SSSR count). The zero-order valence-corrected chi connectivity index (χ0v) is 16.1. The number of morpholine rings is 1.